The van der Waals surface area contributed by atoms with Crippen molar-refractivity contribution < 1.29 is 8.74 Å². The first-order valence-corrected chi connectivity index (χ1v) is 4.04. The lowest BCUT2D eigenvalue weighted by Crippen LogP contribution is -2.07. The van der Waals surface area contributed by atoms with E-state index < -0.39 is 10.8 Å². The maximum Gasteiger partial charge on any atom is 0.235 e. The first kappa shape index (κ1) is 5.71. The SMILES string of the molecule is CC1=NNS(C)(O)O1. The quantitative estimate of drug-likeness (QED) is 0.514. The van der Waals surface area contributed by atoms with E-state index >= 15 is 0 Å². The van der Waals surface area contributed by atoms with Crippen LogP contribution in [0.3, 0.4) is 0 Å². The third-order valence-electron chi connectivity index (χ3n) is 0.655. The molecule has 0 saturated heterocycles. The monoisotopic (exact) mass is 136 g/mol. The number of hydrogen-bond donors (Lipinski definition) is 2. The minimum atomic E-state index is -2.05. The van der Waals surface area contributed by atoms with Crippen LogP contribution in [0.25, 0.3) is 0 Å². The standard InChI is InChI=1S/C3H8N2O2S/c1-3-4-5-8(2,6)7-3/h5-6H,1-2H3. The van der Waals surface area contributed by atoms with Crippen LogP contribution < -0.4 is 4.83 Å². The highest BCUT2D eigenvalue weighted by Crippen LogP contribution is 2.38. The Morgan fingerprint density at radius 3 is 2.62 bits per heavy atom. The Bertz CT molecular complexity index is 133. The van der Waals surface area contributed by atoms with Gasteiger partial charge in [0.25, 0.3) is 0 Å². The summed E-state index contributed by atoms with van der Waals surface area (Å²) in [6, 6.07) is 0. The van der Waals surface area contributed by atoms with Gasteiger partial charge in [-0.1, -0.05) is 10.8 Å². The molecular weight excluding hydrogens is 128 g/mol. The van der Waals surface area contributed by atoms with E-state index in [1.165, 1.54) is 0 Å². The fraction of sp³-hybridized carbons (Fsp3) is 0.667. The molecule has 1 aliphatic rings. The average molecular weight is 136 g/mol. The summed E-state index contributed by atoms with van der Waals surface area (Å²) in [7, 11) is -2.05. The first-order valence-electron chi connectivity index (χ1n) is 2.11. The molecule has 0 amide bonds. The summed E-state index contributed by atoms with van der Waals surface area (Å²) < 4.78 is 13.8. The lowest BCUT2D eigenvalue weighted by molar-refractivity contribution is 0.500. The smallest absolute Gasteiger partial charge is 0.235 e. The Hall–Kier alpha value is -0.420. The van der Waals surface area contributed by atoms with Crippen molar-refractivity contribution in [2.24, 2.45) is 5.10 Å². The van der Waals surface area contributed by atoms with Gasteiger partial charge in [0.15, 0.2) is 0 Å². The summed E-state index contributed by atoms with van der Waals surface area (Å²) in [5.41, 5.74) is 0. The molecule has 48 valence electrons. The Balaban J connectivity index is 2.55. The zero-order valence-electron chi connectivity index (χ0n) is 4.71. The predicted octanol–water partition coefficient (Wildman–Crippen LogP) is 0.677. The van der Waals surface area contributed by atoms with E-state index in [2.05, 4.69) is 9.93 Å². The second-order valence-corrected chi connectivity index (χ2v) is 3.56. The highest BCUT2D eigenvalue weighted by Gasteiger charge is 2.16. The summed E-state index contributed by atoms with van der Waals surface area (Å²) in [4.78, 5) is 2.45. The summed E-state index contributed by atoms with van der Waals surface area (Å²) in [5.74, 6) is 0.491. The third-order valence-corrected chi connectivity index (χ3v) is 1.65. The van der Waals surface area contributed by atoms with Crippen molar-refractivity contribution in [3.63, 3.8) is 0 Å². The normalized spacial score (nSPS) is 43.6. The fourth-order valence-electron chi connectivity index (χ4n) is 0.421. The molecule has 0 aromatic rings. The van der Waals surface area contributed by atoms with Crippen LogP contribution in [0.4, 0.5) is 0 Å². The van der Waals surface area contributed by atoms with Crippen molar-refractivity contribution >= 4 is 16.7 Å². The lowest BCUT2D eigenvalue weighted by atomic mass is 10.8. The number of nitrogens with one attached hydrogen (secondary N) is 1. The number of nitrogens with zero attached hydrogens (tertiary/aromatic N) is 1. The van der Waals surface area contributed by atoms with Crippen LogP contribution in [0.5, 0.6) is 0 Å². The Kier molecular flexibility index (Phi) is 1.09. The molecule has 1 atom stereocenters. The molecule has 0 spiro atoms. The van der Waals surface area contributed by atoms with Crippen molar-refractivity contribution in [2.75, 3.05) is 6.26 Å². The molecule has 0 saturated carbocycles. The van der Waals surface area contributed by atoms with Crippen LogP contribution >= 0.6 is 10.8 Å². The van der Waals surface area contributed by atoms with Gasteiger partial charge in [-0.15, -0.1) is 5.10 Å². The number of rotatable bonds is 0. The van der Waals surface area contributed by atoms with Crippen LogP contribution in [0.15, 0.2) is 5.10 Å². The van der Waals surface area contributed by atoms with Crippen LogP contribution in [0, 0.1) is 0 Å². The molecular formula is C3H8N2O2S. The Morgan fingerprint density at radius 1 is 1.88 bits per heavy atom. The van der Waals surface area contributed by atoms with Crippen LogP contribution in [0.2, 0.25) is 0 Å². The summed E-state index contributed by atoms with van der Waals surface area (Å²) in [6.45, 7) is 1.68. The van der Waals surface area contributed by atoms with E-state index in [0.29, 0.717) is 5.90 Å². The summed E-state index contributed by atoms with van der Waals surface area (Å²) in [5, 5.41) is 3.62. The molecule has 2 N–H and O–H groups in total. The molecule has 4 nitrogen and oxygen atoms in total. The Morgan fingerprint density at radius 2 is 2.50 bits per heavy atom. The summed E-state index contributed by atoms with van der Waals surface area (Å²) >= 11 is 0. The predicted molar refractivity (Wildman–Crippen MR) is 33.5 cm³/mol. The van der Waals surface area contributed by atoms with Crippen LogP contribution in [-0.2, 0) is 4.18 Å². The molecule has 1 aliphatic heterocycles. The fourth-order valence-corrected chi connectivity index (χ4v) is 1.26. The van der Waals surface area contributed by atoms with Gasteiger partial charge in [-0.2, -0.15) is 4.83 Å². The van der Waals surface area contributed by atoms with E-state index in [-0.39, 0.29) is 0 Å². The molecule has 0 aromatic carbocycles. The van der Waals surface area contributed by atoms with Gasteiger partial charge in [0, 0.05) is 6.92 Å². The molecule has 0 bridgehead atoms. The topological polar surface area (TPSA) is 53.9 Å². The van der Waals surface area contributed by atoms with Gasteiger partial charge in [-0.3, -0.25) is 4.55 Å². The molecule has 0 radical (unpaired) electrons. The third kappa shape index (κ3) is 1.05. The second-order valence-electron chi connectivity index (χ2n) is 1.61. The van der Waals surface area contributed by atoms with Gasteiger partial charge in [0.2, 0.25) is 5.90 Å². The van der Waals surface area contributed by atoms with Crippen LogP contribution in [0.1, 0.15) is 6.92 Å². The maximum absolute atomic E-state index is 9.00. The van der Waals surface area contributed by atoms with E-state index in [1.807, 2.05) is 0 Å². The molecule has 0 aromatic heterocycles. The molecule has 0 fully saturated rings. The van der Waals surface area contributed by atoms with Gasteiger partial charge < -0.3 is 4.18 Å². The lowest BCUT2D eigenvalue weighted by Gasteiger charge is -2.25. The van der Waals surface area contributed by atoms with Crippen molar-refractivity contribution in [2.45, 2.75) is 6.92 Å². The highest BCUT2D eigenvalue weighted by atomic mass is 32.3. The first-order chi connectivity index (χ1) is 3.60. The highest BCUT2D eigenvalue weighted by molar-refractivity contribution is 8.23. The van der Waals surface area contributed by atoms with E-state index in [1.54, 1.807) is 13.2 Å². The maximum atomic E-state index is 9.00. The van der Waals surface area contributed by atoms with E-state index in [9.17, 15) is 0 Å². The summed E-state index contributed by atoms with van der Waals surface area (Å²) in [6.07, 6.45) is 1.56. The molecule has 1 unspecified atom stereocenters. The van der Waals surface area contributed by atoms with Crippen molar-refractivity contribution in [1.82, 2.24) is 4.83 Å². The number of hydrazone groups is 1. The minimum Gasteiger partial charge on any atom is -0.356 e. The number of hydrogen-bond acceptors (Lipinski definition) is 4. The molecule has 5 heteroatoms. The van der Waals surface area contributed by atoms with Gasteiger partial charge >= 0.3 is 0 Å². The van der Waals surface area contributed by atoms with Crippen molar-refractivity contribution in [3.05, 3.63) is 0 Å². The second kappa shape index (κ2) is 1.53. The Labute approximate surface area is 49.4 Å². The van der Waals surface area contributed by atoms with Crippen molar-refractivity contribution in [3.8, 4) is 0 Å². The molecule has 1 heterocycles. The van der Waals surface area contributed by atoms with E-state index in [0.717, 1.165) is 0 Å². The van der Waals surface area contributed by atoms with Gasteiger partial charge in [0.1, 0.15) is 0 Å². The van der Waals surface area contributed by atoms with Crippen LogP contribution in [-0.4, -0.2) is 16.7 Å². The average Bonchev–Trinajstić information content (AvgIpc) is 1.82. The zero-order valence-corrected chi connectivity index (χ0v) is 5.53. The molecule has 1 rings (SSSR count). The van der Waals surface area contributed by atoms with Crippen molar-refractivity contribution in [1.29, 1.82) is 0 Å². The zero-order chi connectivity index (χ0) is 6.20. The minimum absolute atomic E-state index is 0.491. The largest absolute Gasteiger partial charge is 0.356 e. The van der Waals surface area contributed by atoms with E-state index in [4.69, 9.17) is 8.74 Å². The van der Waals surface area contributed by atoms with Gasteiger partial charge in [0.05, 0.1) is 6.26 Å². The molecule has 8 heavy (non-hydrogen) atoms. The van der Waals surface area contributed by atoms with Gasteiger partial charge in [-0.25, -0.2) is 0 Å². The molecule has 0 aliphatic carbocycles. The van der Waals surface area contributed by atoms with Gasteiger partial charge in [-0.05, 0) is 0 Å².